The van der Waals surface area contributed by atoms with Crippen LogP contribution in [0.4, 0.5) is 5.69 Å². The van der Waals surface area contributed by atoms with Gasteiger partial charge in [0.2, 0.25) is 0 Å². The van der Waals surface area contributed by atoms with Gasteiger partial charge in [-0.2, -0.15) is 0 Å². The Kier molecular flexibility index (Phi) is 4.09. The molecule has 2 aromatic rings. The van der Waals surface area contributed by atoms with Crippen molar-refractivity contribution in [2.45, 2.75) is 25.7 Å². The Balaban J connectivity index is 1.76. The van der Waals surface area contributed by atoms with E-state index in [0.717, 1.165) is 5.69 Å². The van der Waals surface area contributed by atoms with Gasteiger partial charge >= 0.3 is 0 Å². The molecule has 4 nitrogen and oxygen atoms in total. The minimum absolute atomic E-state index is 0.0502. The van der Waals surface area contributed by atoms with Crippen LogP contribution >= 0.6 is 0 Å². The number of carbonyl (C=O) groups excluding carboxylic acids is 2. The second-order valence-corrected chi connectivity index (χ2v) is 5.79. The van der Waals surface area contributed by atoms with Gasteiger partial charge in [-0.3, -0.25) is 4.79 Å². The van der Waals surface area contributed by atoms with E-state index < -0.39 is 5.97 Å². The van der Waals surface area contributed by atoms with Crippen LogP contribution in [0.25, 0.3) is 10.8 Å². The first-order chi connectivity index (χ1) is 10.6. The molecule has 114 valence electrons. The van der Waals surface area contributed by atoms with Gasteiger partial charge < -0.3 is 15.2 Å². The van der Waals surface area contributed by atoms with E-state index in [0.29, 0.717) is 25.8 Å². The molecule has 22 heavy (non-hydrogen) atoms. The van der Waals surface area contributed by atoms with Crippen LogP contribution in [0.15, 0.2) is 36.4 Å². The molecule has 0 aromatic heterocycles. The highest BCUT2D eigenvalue weighted by molar-refractivity contribution is 5.92. The van der Waals surface area contributed by atoms with E-state index in [9.17, 15) is 14.7 Å². The number of rotatable bonds is 5. The van der Waals surface area contributed by atoms with E-state index in [4.69, 9.17) is 0 Å². The Hall–Kier alpha value is -2.36. The van der Waals surface area contributed by atoms with E-state index in [1.807, 2.05) is 12.1 Å². The first kappa shape index (κ1) is 14.6. The number of benzene rings is 2. The smallest absolute Gasteiger partial charge is 0.138 e. The Labute approximate surface area is 129 Å². The summed E-state index contributed by atoms with van der Waals surface area (Å²) in [7, 11) is 0. The summed E-state index contributed by atoms with van der Waals surface area (Å²) in [6, 6.07) is 12.3. The summed E-state index contributed by atoms with van der Waals surface area (Å²) in [5.74, 6) is -1.04. The van der Waals surface area contributed by atoms with Gasteiger partial charge in [-0.25, -0.2) is 0 Å². The number of carbonyl (C=O) groups is 2. The van der Waals surface area contributed by atoms with Crippen molar-refractivity contribution in [2.75, 3.05) is 11.9 Å². The molecule has 1 heterocycles. The molecule has 0 bridgehead atoms. The standard InChI is InChI=1S/C18H19NO3/c20-17(6-3-7-18(21)22)13-10-15-14-5-2-1-4-12(14)8-9-16(15)19-11-13/h1-2,4-5,8-9,13,19H,3,6-7,10-11H2,(H,21,22)/p-1/t13-/m1/s1. The number of nitrogens with one attached hydrogen (secondary N) is 1. The van der Waals surface area contributed by atoms with Gasteiger partial charge in [0.05, 0.1) is 0 Å². The lowest BCUT2D eigenvalue weighted by molar-refractivity contribution is -0.305. The fourth-order valence-corrected chi connectivity index (χ4v) is 3.11. The number of anilines is 1. The van der Waals surface area contributed by atoms with Crippen LogP contribution in [0.5, 0.6) is 0 Å². The lowest BCUT2D eigenvalue weighted by atomic mass is 9.86. The largest absolute Gasteiger partial charge is 0.550 e. The van der Waals surface area contributed by atoms with Crippen molar-refractivity contribution in [1.82, 2.24) is 0 Å². The predicted octanol–water partition coefficient (Wildman–Crippen LogP) is 1.91. The number of aliphatic carboxylic acids is 1. The SMILES string of the molecule is O=C([O-])CCCC(=O)[C@H]1CNc2ccc3ccccc3c2C1. The molecular weight excluding hydrogens is 278 g/mol. The van der Waals surface area contributed by atoms with Gasteiger partial charge in [-0.15, -0.1) is 0 Å². The maximum atomic E-state index is 12.3. The summed E-state index contributed by atoms with van der Waals surface area (Å²) >= 11 is 0. The maximum Gasteiger partial charge on any atom is 0.138 e. The number of carboxylic acid groups (broad SMARTS) is 1. The molecule has 0 spiro atoms. The van der Waals surface area contributed by atoms with Crippen LogP contribution in [0.1, 0.15) is 24.8 Å². The molecule has 4 heteroatoms. The number of fused-ring (bicyclic) bond motifs is 3. The minimum atomic E-state index is -1.09. The Morgan fingerprint density at radius 3 is 2.77 bits per heavy atom. The van der Waals surface area contributed by atoms with Crippen molar-refractivity contribution >= 4 is 28.2 Å². The van der Waals surface area contributed by atoms with Crippen molar-refractivity contribution in [3.05, 3.63) is 42.0 Å². The van der Waals surface area contributed by atoms with Crippen molar-refractivity contribution in [1.29, 1.82) is 0 Å². The van der Waals surface area contributed by atoms with Crippen LogP contribution in [-0.2, 0) is 16.0 Å². The zero-order valence-corrected chi connectivity index (χ0v) is 12.3. The fourth-order valence-electron chi connectivity index (χ4n) is 3.11. The third-order valence-corrected chi connectivity index (χ3v) is 4.29. The summed E-state index contributed by atoms with van der Waals surface area (Å²) in [5, 5.41) is 16.1. The lowest BCUT2D eigenvalue weighted by Gasteiger charge is -2.26. The maximum absolute atomic E-state index is 12.3. The highest BCUT2D eigenvalue weighted by atomic mass is 16.4. The number of hydrogen-bond donors (Lipinski definition) is 1. The molecule has 1 N–H and O–H groups in total. The van der Waals surface area contributed by atoms with E-state index in [1.165, 1.54) is 16.3 Å². The monoisotopic (exact) mass is 296 g/mol. The van der Waals surface area contributed by atoms with Gasteiger partial charge in [-0.1, -0.05) is 30.3 Å². The Morgan fingerprint density at radius 1 is 1.14 bits per heavy atom. The zero-order valence-electron chi connectivity index (χ0n) is 12.3. The predicted molar refractivity (Wildman–Crippen MR) is 83.5 cm³/mol. The second kappa shape index (κ2) is 6.18. The molecule has 1 aliphatic rings. The highest BCUT2D eigenvalue weighted by Crippen LogP contribution is 2.32. The van der Waals surface area contributed by atoms with Crippen LogP contribution in [0.2, 0.25) is 0 Å². The van der Waals surface area contributed by atoms with E-state index in [2.05, 4.69) is 29.6 Å². The minimum Gasteiger partial charge on any atom is -0.550 e. The van der Waals surface area contributed by atoms with Crippen LogP contribution < -0.4 is 10.4 Å². The highest BCUT2D eigenvalue weighted by Gasteiger charge is 2.25. The number of hydrogen-bond acceptors (Lipinski definition) is 4. The van der Waals surface area contributed by atoms with Crippen LogP contribution in [-0.4, -0.2) is 18.3 Å². The number of ketones is 1. The molecule has 0 unspecified atom stereocenters. The molecule has 3 rings (SSSR count). The average Bonchev–Trinajstić information content (AvgIpc) is 2.53. The summed E-state index contributed by atoms with van der Waals surface area (Å²) in [6.07, 6.45) is 1.33. The first-order valence-electron chi connectivity index (χ1n) is 7.62. The molecule has 0 saturated heterocycles. The van der Waals surface area contributed by atoms with E-state index in [1.54, 1.807) is 0 Å². The summed E-state index contributed by atoms with van der Waals surface area (Å²) in [6.45, 7) is 0.621. The van der Waals surface area contributed by atoms with Crippen molar-refractivity contribution in [2.24, 2.45) is 5.92 Å². The molecule has 1 atom stereocenters. The topological polar surface area (TPSA) is 69.2 Å². The van der Waals surface area contributed by atoms with Gasteiger partial charge in [0, 0.05) is 30.5 Å². The van der Waals surface area contributed by atoms with E-state index >= 15 is 0 Å². The molecule has 0 aliphatic carbocycles. The van der Waals surface area contributed by atoms with Crippen molar-refractivity contribution in [3.8, 4) is 0 Å². The molecule has 0 radical (unpaired) electrons. The van der Waals surface area contributed by atoms with Crippen molar-refractivity contribution in [3.63, 3.8) is 0 Å². The molecule has 0 saturated carbocycles. The van der Waals surface area contributed by atoms with Gasteiger partial charge in [0.25, 0.3) is 0 Å². The van der Waals surface area contributed by atoms with E-state index in [-0.39, 0.29) is 18.1 Å². The lowest BCUT2D eigenvalue weighted by Crippen LogP contribution is -2.30. The molecule has 0 amide bonds. The van der Waals surface area contributed by atoms with Crippen molar-refractivity contribution < 1.29 is 14.7 Å². The normalized spacial score (nSPS) is 16.8. The quantitative estimate of drug-likeness (QED) is 0.915. The molecule has 2 aromatic carbocycles. The first-order valence-corrected chi connectivity index (χ1v) is 7.62. The third-order valence-electron chi connectivity index (χ3n) is 4.29. The Morgan fingerprint density at radius 2 is 1.95 bits per heavy atom. The van der Waals surface area contributed by atoms with Gasteiger partial charge in [-0.05, 0) is 41.7 Å². The average molecular weight is 296 g/mol. The fraction of sp³-hybridized carbons (Fsp3) is 0.333. The van der Waals surface area contributed by atoms with Crippen LogP contribution in [0.3, 0.4) is 0 Å². The molecular formula is C18H18NO3-. The van der Waals surface area contributed by atoms with Crippen LogP contribution in [0, 0.1) is 5.92 Å². The second-order valence-electron chi connectivity index (χ2n) is 5.79. The number of Topliss-reactive ketones (excluding diaryl/α,β-unsaturated/α-hetero) is 1. The summed E-state index contributed by atoms with van der Waals surface area (Å²) in [5.41, 5.74) is 2.28. The zero-order chi connectivity index (χ0) is 15.5. The van der Waals surface area contributed by atoms with Gasteiger partial charge in [0.1, 0.15) is 5.78 Å². The third kappa shape index (κ3) is 2.96. The van der Waals surface area contributed by atoms with Gasteiger partial charge in [0.15, 0.2) is 0 Å². The Bertz CT molecular complexity index is 723. The molecule has 1 aliphatic heterocycles. The summed E-state index contributed by atoms with van der Waals surface area (Å²) < 4.78 is 0. The molecule has 0 fully saturated rings. The number of carboxylic acids is 1. The summed E-state index contributed by atoms with van der Waals surface area (Å²) in [4.78, 5) is 22.7.